The second-order valence-corrected chi connectivity index (χ2v) is 2.71. The van der Waals surface area contributed by atoms with Crippen LogP contribution in [0.1, 0.15) is 11.5 Å². The lowest BCUT2D eigenvalue weighted by atomic mass is 10.3. The number of anilines is 1. The van der Waals surface area contributed by atoms with E-state index >= 15 is 0 Å². The molecule has 1 heterocycles. The van der Waals surface area contributed by atoms with E-state index in [1.54, 1.807) is 13.8 Å². The zero-order valence-electron chi connectivity index (χ0n) is 6.08. The van der Waals surface area contributed by atoms with Crippen molar-refractivity contribution in [3.05, 3.63) is 11.5 Å². The van der Waals surface area contributed by atoms with Gasteiger partial charge in [0.15, 0.2) is 5.76 Å². The third-order valence-electron chi connectivity index (χ3n) is 1.22. The van der Waals surface area contributed by atoms with Crippen molar-refractivity contribution >= 4 is 17.0 Å². The van der Waals surface area contributed by atoms with Crippen molar-refractivity contribution in [2.45, 2.75) is 13.8 Å². The zero-order valence-corrected chi connectivity index (χ0v) is 6.90. The van der Waals surface area contributed by atoms with Crippen LogP contribution >= 0.6 is 0 Å². The molecule has 0 saturated heterocycles. The molecule has 1 aromatic rings. The molecule has 1 atom stereocenters. The van der Waals surface area contributed by atoms with Gasteiger partial charge in [-0.15, -0.1) is 0 Å². The van der Waals surface area contributed by atoms with Crippen LogP contribution in [-0.2, 0) is 11.3 Å². The molecular formula is C5H7N2O3S-. The highest BCUT2D eigenvalue weighted by Gasteiger charge is 2.06. The summed E-state index contributed by atoms with van der Waals surface area (Å²) in [6.45, 7) is 3.29. The molecule has 0 fully saturated rings. The van der Waals surface area contributed by atoms with Crippen LogP contribution < -0.4 is 4.72 Å². The molecule has 0 radical (unpaired) electrons. The van der Waals surface area contributed by atoms with Gasteiger partial charge in [-0.05, 0) is 13.8 Å². The van der Waals surface area contributed by atoms with Crippen LogP contribution in [0.2, 0.25) is 0 Å². The first kappa shape index (κ1) is 8.22. The zero-order chi connectivity index (χ0) is 8.43. The third-order valence-corrected chi connectivity index (χ3v) is 1.59. The summed E-state index contributed by atoms with van der Waals surface area (Å²) in [5, 5.41) is 3.56. The number of nitrogens with zero attached hydrogens (tertiary/aromatic N) is 1. The van der Waals surface area contributed by atoms with Crippen molar-refractivity contribution in [1.82, 2.24) is 5.16 Å². The number of aromatic nitrogens is 1. The Morgan fingerprint density at radius 1 is 1.64 bits per heavy atom. The van der Waals surface area contributed by atoms with E-state index in [1.165, 1.54) is 0 Å². The molecule has 5 nitrogen and oxygen atoms in total. The van der Waals surface area contributed by atoms with Gasteiger partial charge >= 0.3 is 0 Å². The summed E-state index contributed by atoms with van der Waals surface area (Å²) in [6, 6.07) is 0. The Kier molecular flexibility index (Phi) is 2.25. The maximum absolute atomic E-state index is 10.2. The lowest BCUT2D eigenvalue weighted by molar-refractivity contribution is 0.393. The fourth-order valence-electron chi connectivity index (χ4n) is 0.712. The van der Waals surface area contributed by atoms with E-state index in [9.17, 15) is 8.76 Å². The molecule has 1 rings (SSSR count). The molecule has 1 unspecified atom stereocenters. The standard InChI is InChI=1S/C5H8N2O3S/c1-3-5(7-11(8)9)4(2)10-6-3/h7H,1-2H3,(H,8,9)/p-1. The van der Waals surface area contributed by atoms with Crippen LogP contribution in [0.15, 0.2) is 4.52 Å². The van der Waals surface area contributed by atoms with Gasteiger partial charge in [-0.2, -0.15) is 0 Å². The Hall–Kier alpha value is -0.880. The molecule has 0 aliphatic heterocycles. The average molecular weight is 175 g/mol. The number of nitrogens with one attached hydrogen (secondary N) is 1. The molecule has 0 saturated carbocycles. The van der Waals surface area contributed by atoms with E-state index in [-0.39, 0.29) is 0 Å². The highest BCUT2D eigenvalue weighted by Crippen LogP contribution is 2.18. The molecule has 62 valence electrons. The quantitative estimate of drug-likeness (QED) is 0.664. The van der Waals surface area contributed by atoms with Crippen molar-refractivity contribution in [3.8, 4) is 0 Å². The molecule has 11 heavy (non-hydrogen) atoms. The Bertz CT molecular complexity index is 264. The minimum atomic E-state index is -2.32. The number of hydrogen-bond acceptors (Lipinski definition) is 4. The van der Waals surface area contributed by atoms with E-state index < -0.39 is 11.3 Å². The van der Waals surface area contributed by atoms with Gasteiger partial charge in [0.2, 0.25) is 0 Å². The van der Waals surface area contributed by atoms with Gasteiger partial charge in [0.1, 0.15) is 11.4 Å². The van der Waals surface area contributed by atoms with E-state index in [0.29, 0.717) is 17.1 Å². The van der Waals surface area contributed by atoms with Crippen molar-refractivity contribution in [2.75, 3.05) is 4.72 Å². The minimum Gasteiger partial charge on any atom is -0.755 e. The fourth-order valence-corrected chi connectivity index (χ4v) is 1.17. The molecular weight excluding hydrogens is 168 g/mol. The average Bonchev–Trinajstić information content (AvgIpc) is 2.18. The Labute approximate surface area is 66.2 Å². The first-order chi connectivity index (χ1) is 5.11. The summed E-state index contributed by atoms with van der Waals surface area (Å²) in [4.78, 5) is 0. The van der Waals surface area contributed by atoms with Crippen molar-refractivity contribution < 1.29 is 13.3 Å². The summed E-state index contributed by atoms with van der Waals surface area (Å²) >= 11 is -2.32. The van der Waals surface area contributed by atoms with Crippen LogP contribution in [0.3, 0.4) is 0 Å². The van der Waals surface area contributed by atoms with Gasteiger partial charge < -0.3 is 13.8 Å². The molecule has 0 bridgehead atoms. The Balaban J connectivity index is 2.92. The van der Waals surface area contributed by atoms with Gasteiger partial charge in [-0.1, -0.05) is 5.16 Å². The van der Waals surface area contributed by atoms with Gasteiger partial charge in [0, 0.05) is 11.3 Å². The minimum absolute atomic E-state index is 0.415. The summed E-state index contributed by atoms with van der Waals surface area (Å²) in [5.74, 6) is 0.465. The predicted molar refractivity (Wildman–Crippen MR) is 38.5 cm³/mol. The van der Waals surface area contributed by atoms with Crippen LogP contribution in [-0.4, -0.2) is 13.9 Å². The van der Waals surface area contributed by atoms with E-state index in [4.69, 9.17) is 4.52 Å². The van der Waals surface area contributed by atoms with Crippen molar-refractivity contribution in [2.24, 2.45) is 0 Å². The first-order valence-electron chi connectivity index (χ1n) is 2.90. The van der Waals surface area contributed by atoms with E-state index in [2.05, 4.69) is 9.88 Å². The van der Waals surface area contributed by atoms with E-state index in [1.807, 2.05) is 0 Å². The second-order valence-electron chi connectivity index (χ2n) is 2.04. The van der Waals surface area contributed by atoms with Crippen molar-refractivity contribution in [3.63, 3.8) is 0 Å². The smallest absolute Gasteiger partial charge is 0.157 e. The van der Waals surface area contributed by atoms with Gasteiger partial charge in [-0.3, -0.25) is 4.21 Å². The lowest BCUT2D eigenvalue weighted by Crippen LogP contribution is -2.03. The highest BCUT2D eigenvalue weighted by atomic mass is 32.2. The molecule has 0 aromatic carbocycles. The molecule has 0 amide bonds. The molecule has 0 aliphatic carbocycles. The summed E-state index contributed by atoms with van der Waals surface area (Å²) < 4.78 is 27.3. The third kappa shape index (κ3) is 1.78. The van der Waals surface area contributed by atoms with Crippen molar-refractivity contribution in [1.29, 1.82) is 0 Å². The number of hydrogen-bond donors (Lipinski definition) is 1. The molecule has 0 aliphatic rings. The molecule has 0 spiro atoms. The number of aryl methyl sites for hydroxylation is 2. The van der Waals surface area contributed by atoms with Gasteiger partial charge in [0.05, 0.1) is 0 Å². The lowest BCUT2D eigenvalue weighted by Gasteiger charge is -2.06. The monoisotopic (exact) mass is 175 g/mol. The molecule has 6 heteroatoms. The summed E-state index contributed by atoms with van der Waals surface area (Å²) in [6.07, 6.45) is 0. The predicted octanol–water partition coefficient (Wildman–Crippen LogP) is 0.497. The maximum Gasteiger partial charge on any atom is 0.157 e. The second kappa shape index (κ2) is 3.02. The van der Waals surface area contributed by atoms with Crippen LogP contribution in [0.5, 0.6) is 0 Å². The number of rotatable bonds is 2. The SMILES string of the molecule is Cc1noc(C)c1NS(=O)[O-]. The topological polar surface area (TPSA) is 78.2 Å². The Morgan fingerprint density at radius 3 is 2.64 bits per heavy atom. The summed E-state index contributed by atoms with van der Waals surface area (Å²) in [7, 11) is 0. The molecule has 1 aromatic heterocycles. The van der Waals surface area contributed by atoms with Gasteiger partial charge in [-0.25, -0.2) is 0 Å². The Morgan fingerprint density at radius 2 is 2.27 bits per heavy atom. The maximum atomic E-state index is 10.2. The molecule has 1 N–H and O–H groups in total. The largest absolute Gasteiger partial charge is 0.755 e. The van der Waals surface area contributed by atoms with Gasteiger partial charge in [0.25, 0.3) is 0 Å². The van der Waals surface area contributed by atoms with Crippen LogP contribution in [0.25, 0.3) is 0 Å². The van der Waals surface area contributed by atoms with Crippen LogP contribution in [0.4, 0.5) is 5.69 Å². The first-order valence-corrected chi connectivity index (χ1v) is 3.97. The van der Waals surface area contributed by atoms with E-state index in [0.717, 1.165) is 0 Å². The fraction of sp³-hybridized carbons (Fsp3) is 0.400. The van der Waals surface area contributed by atoms with Crippen LogP contribution in [0, 0.1) is 13.8 Å². The summed E-state index contributed by atoms with van der Waals surface area (Å²) in [5.41, 5.74) is 0.949. The highest BCUT2D eigenvalue weighted by molar-refractivity contribution is 7.80. The normalized spacial score (nSPS) is 13.0.